The Hall–Kier alpha value is -3.00. The SMILES string of the molecule is O=C(C1CCN(c2ccc3nncn3n2)CC1)N1CCN(Cc2ccccc2)CC1. The number of hydrogen-bond donors (Lipinski definition) is 0. The quantitative estimate of drug-likeness (QED) is 0.658. The van der Waals surface area contributed by atoms with Gasteiger partial charge < -0.3 is 9.80 Å². The number of anilines is 1. The van der Waals surface area contributed by atoms with Crippen molar-refractivity contribution in [3.05, 3.63) is 54.4 Å². The van der Waals surface area contributed by atoms with Gasteiger partial charge in [0.2, 0.25) is 5.91 Å². The Morgan fingerprint density at radius 1 is 0.933 bits per heavy atom. The predicted molar refractivity (Wildman–Crippen MR) is 114 cm³/mol. The molecule has 156 valence electrons. The zero-order valence-corrected chi connectivity index (χ0v) is 17.1. The van der Waals surface area contributed by atoms with E-state index in [0.29, 0.717) is 5.91 Å². The molecule has 1 aromatic carbocycles. The van der Waals surface area contributed by atoms with Crippen molar-refractivity contribution >= 4 is 17.4 Å². The third kappa shape index (κ3) is 4.00. The second-order valence-corrected chi connectivity index (χ2v) is 8.17. The molecule has 0 unspecified atom stereocenters. The van der Waals surface area contributed by atoms with Gasteiger partial charge in [-0.1, -0.05) is 30.3 Å². The van der Waals surface area contributed by atoms with Crippen LogP contribution in [0.25, 0.3) is 5.65 Å². The maximum absolute atomic E-state index is 13.1. The number of carbonyl (C=O) groups excluding carboxylic acids is 1. The minimum Gasteiger partial charge on any atom is -0.355 e. The number of amides is 1. The molecule has 30 heavy (non-hydrogen) atoms. The van der Waals surface area contributed by atoms with E-state index in [4.69, 9.17) is 0 Å². The Kier molecular flexibility index (Phi) is 5.31. The number of piperazine rings is 1. The molecule has 4 heterocycles. The number of aromatic nitrogens is 4. The number of fused-ring (bicyclic) bond motifs is 1. The summed E-state index contributed by atoms with van der Waals surface area (Å²) in [4.78, 5) is 19.8. The molecule has 2 fully saturated rings. The van der Waals surface area contributed by atoms with Gasteiger partial charge in [-0.3, -0.25) is 9.69 Å². The van der Waals surface area contributed by atoms with Gasteiger partial charge in [0.15, 0.2) is 5.65 Å². The Morgan fingerprint density at radius 3 is 2.47 bits per heavy atom. The fourth-order valence-electron chi connectivity index (χ4n) is 4.47. The fourth-order valence-corrected chi connectivity index (χ4v) is 4.47. The van der Waals surface area contributed by atoms with Crippen LogP contribution in [0.1, 0.15) is 18.4 Å². The van der Waals surface area contributed by atoms with E-state index in [0.717, 1.165) is 70.1 Å². The average Bonchev–Trinajstić information content (AvgIpc) is 3.28. The van der Waals surface area contributed by atoms with E-state index < -0.39 is 0 Å². The molecular weight excluding hydrogens is 378 g/mol. The molecule has 0 saturated carbocycles. The number of carbonyl (C=O) groups is 1. The van der Waals surface area contributed by atoms with Gasteiger partial charge in [-0.25, -0.2) is 0 Å². The molecule has 2 aliphatic rings. The molecule has 5 rings (SSSR count). The molecule has 0 atom stereocenters. The first-order valence-corrected chi connectivity index (χ1v) is 10.7. The van der Waals surface area contributed by atoms with Crippen molar-refractivity contribution in [2.45, 2.75) is 19.4 Å². The highest BCUT2D eigenvalue weighted by Crippen LogP contribution is 2.24. The second-order valence-electron chi connectivity index (χ2n) is 8.17. The van der Waals surface area contributed by atoms with Crippen molar-refractivity contribution in [1.29, 1.82) is 0 Å². The molecule has 8 nitrogen and oxygen atoms in total. The van der Waals surface area contributed by atoms with Gasteiger partial charge in [0.05, 0.1) is 0 Å². The highest BCUT2D eigenvalue weighted by molar-refractivity contribution is 5.79. The summed E-state index contributed by atoms with van der Waals surface area (Å²) in [5.41, 5.74) is 2.08. The number of hydrogen-bond acceptors (Lipinski definition) is 6. The summed E-state index contributed by atoms with van der Waals surface area (Å²) in [6.45, 7) is 6.22. The Balaban J connectivity index is 1.12. The predicted octanol–water partition coefficient (Wildman–Crippen LogP) is 1.69. The van der Waals surface area contributed by atoms with Gasteiger partial charge in [0.1, 0.15) is 12.1 Å². The first kappa shape index (κ1) is 19.0. The molecule has 8 heteroatoms. The average molecular weight is 406 g/mol. The van der Waals surface area contributed by atoms with Crippen LogP contribution >= 0.6 is 0 Å². The van der Waals surface area contributed by atoms with E-state index >= 15 is 0 Å². The summed E-state index contributed by atoms with van der Waals surface area (Å²) in [6, 6.07) is 14.5. The van der Waals surface area contributed by atoms with Gasteiger partial charge in [0.25, 0.3) is 0 Å². The standard InChI is InChI=1S/C22H27N7O/c30-22(28-14-12-26(13-15-28)16-18-4-2-1-3-5-18)19-8-10-27(11-9-19)21-7-6-20-24-23-17-29(20)25-21/h1-7,17,19H,8-16H2. The third-order valence-corrected chi connectivity index (χ3v) is 6.25. The van der Waals surface area contributed by atoms with Crippen molar-refractivity contribution in [1.82, 2.24) is 29.6 Å². The second kappa shape index (κ2) is 8.39. The van der Waals surface area contributed by atoms with Crippen molar-refractivity contribution in [2.24, 2.45) is 5.92 Å². The molecule has 1 amide bonds. The van der Waals surface area contributed by atoms with E-state index in [1.54, 1.807) is 10.8 Å². The van der Waals surface area contributed by atoms with Gasteiger partial charge in [-0.15, -0.1) is 15.3 Å². The van der Waals surface area contributed by atoms with Crippen LogP contribution in [-0.4, -0.2) is 74.8 Å². The number of rotatable bonds is 4. The molecule has 2 aromatic heterocycles. The Labute approximate surface area is 176 Å². The van der Waals surface area contributed by atoms with Crippen LogP contribution in [0.3, 0.4) is 0 Å². The van der Waals surface area contributed by atoms with E-state index in [9.17, 15) is 4.79 Å². The Morgan fingerprint density at radius 2 is 1.70 bits per heavy atom. The fraction of sp³-hybridized carbons (Fsp3) is 0.455. The largest absolute Gasteiger partial charge is 0.355 e. The van der Waals surface area contributed by atoms with Crippen LogP contribution in [0.15, 0.2) is 48.8 Å². The summed E-state index contributed by atoms with van der Waals surface area (Å²) >= 11 is 0. The summed E-state index contributed by atoms with van der Waals surface area (Å²) in [5, 5.41) is 12.5. The van der Waals surface area contributed by atoms with E-state index in [-0.39, 0.29) is 5.92 Å². The summed E-state index contributed by atoms with van der Waals surface area (Å²) in [7, 11) is 0. The Bertz CT molecular complexity index is 989. The first-order chi connectivity index (χ1) is 14.8. The lowest BCUT2D eigenvalue weighted by atomic mass is 9.95. The van der Waals surface area contributed by atoms with Crippen LogP contribution in [0.5, 0.6) is 0 Å². The number of piperidine rings is 1. The molecule has 0 bridgehead atoms. The molecule has 0 N–H and O–H groups in total. The van der Waals surface area contributed by atoms with Crippen LogP contribution in [0.4, 0.5) is 5.82 Å². The maximum atomic E-state index is 13.1. The van der Waals surface area contributed by atoms with E-state index in [1.807, 2.05) is 12.1 Å². The molecule has 2 aliphatic heterocycles. The summed E-state index contributed by atoms with van der Waals surface area (Å²) in [5.74, 6) is 1.37. The molecular formula is C22H27N7O. The minimum absolute atomic E-state index is 0.126. The third-order valence-electron chi connectivity index (χ3n) is 6.25. The van der Waals surface area contributed by atoms with Crippen molar-refractivity contribution in [3.8, 4) is 0 Å². The molecule has 0 aliphatic carbocycles. The summed E-state index contributed by atoms with van der Waals surface area (Å²) in [6.07, 6.45) is 3.38. The normalized spacial score (nSPS) is 18.8. The van der Waals surface area contributed by atoms with E-state index in [1.165, 1.54) is 5.56 Å². The van der Waals surface area contributed by atoms with Crippen molar-refractivity contribution in [2.75, 3.05) is 44.2 Å². The lowest BCUT2D eigenvalue weighted by Crippen LogP contribution is -2.51. The topological polar surface area (TPSA) is 69.9 Å². The summed E-state index contributed by atoms with van der Waals surface area (Å²) < 4.78 is 1.70. The number of benzene rings is 1. The van der Waals surface area contributed by atoms with Crippen molar-refractivity contribution in [3.63, 3.8) is 0 Å². The lowest BCUT2D eigenvalue weighted by molar-refractivity contribution is -0.138. The smallest absolute Gasteiger partial charge is 0.225 e. The van der Waals surface area contributed by atoms with E-state index in [2.05, 4.69) is 60.3 Å². The van der Waals surface area contributed by atoms with Gasteiger partial charge in [-0.2, -0.15) is 4.52 Å². The zero-order chi connectivity index (χ0) is 20.3. The lowest BCUT2D eigenvalue weighted by Gasteiger charge is -2.38. The van der Waals surface area contributed by atoms with Gasteiger partial charge in [0, 0.05) is 51.7 Å². The van der Waals surface area contributed by atoms with Crippen LogP contribution in [0.2, 0.25) is 0 Å². The van der Waals surface area contributed by atoms with Crippen LogP contribution in [0, 0.1) is 5.92 Å². The van der Waals surface area contributed by atoms with Gasteiger partial charge in [-0.05, 0) is 30.5 Å². The minimum atomic E-state index is 0.126. The molecule has 2 saturated heterocycles. The number of nitrogens with zero attached hydrogens (tertiary/aromatic N) is 7. The molecule has 0 spiro atoms. The van der Waals surface area contributed by atoms with Crippen molar-refractivity contribution < 1.29 is 4.79 Å². The monoisotopic (exact) mass is 405 g/mol. The zero-order valence-electron chi connectivity index (χ0n) is 17.1. The first-order valence-electron chi connectivity index (χ1n) is 10.7. The molecule has 3 aromatic rings. The maximum Gasteiger partial charge on any atom is 0.225 e. The molecule has 0 radical (unpaired) electrons. The van der Waals surface area contributed by atoms with Gasteiger partial charge >= 0.3 is 0 Å². The van der Waals surface area contributed by atoms with Crippen LogP contribution < -0.4 is 4.90 Å². The highest BCUT2D eigenvalue weighted by Gasteiger charge is 2.30. The van der Waals surface area contributed by atoms with Crippen LogP contribution in [-0.2, 0) is 11.3 Å². The highest BCUT2D eigenvalue weighted by atomic mass is 16.2.